The van der Waals surface area contributed by atoms with Crippen molar-refractivity contribution in [3.63, 3.8) is 0 Å². The number of hydrogen-bond acceptors (Lipinski definition) is 5. The van der Waals surface area contributed by atoms with E-state index in [1.807, 2.05) is 6.07 Å². The molecule has 0 unspecified atom stereocenters. The first kappa shape index (κ1) is 18.2. The van der Waals surface area contributed by atoms with Crippen LogP contribution in [0.3, 0.4) is 0 Å². The van der Waals surface area contributed by atoms with E-state index in [1.54, 1.807) is 36.4 Å². The van der Waals surface area contributed by atoms with Crippen LogP contribution in [-0.2, 0) is 0 Å². The molecular formula is C19H10ClFN2O4. The molecule has 1 heterocycles. The lowest BCUT2D eigenvalue weighted by atomic mass is 10.2. The van der Waals surface area contributed by atoms with Gasteiger partial charge in [-0.3, -0.25) is 0 Å². The van der Waals surface area contributed by atoms with Crippen LogP contribution in [0, 0.1) is 17.1 Å². The molecule has 0 aliphatic carbocycles. The quantitative estimate of drug-likeness (QED) is 0.663. The molecule has 0 aliphatic heterocycles. The van der Waals surface area contributed by atoms with Gasteiger partial charge in [0.25, 0.3) is 0 Å². The average molecular weight is 385 g/mol. The van der Waals surface area contributed by atoms with Crippen molar-refractivity contribution in [2.24, 2.45) is 0 Å². The predicted octanol–water partition coefficient (Wildman–Crippen LogP) is 5.03. The van der Waals surface area contributed by atoms with Gasteiger partial charge in [-0.05, 0) is 48.5 Å². The van der Waals surface area contributed by atoms with Gasteiger partial charge < -0.3 is 14.6 Å². The standard InChI is InChI=1S/C19H10ClFN2O4/c20-14-9-11(10-22)1-7-16(14)26-12-2-4-13(5-3-12)27-17-8-6-15(21)18(23-17)19(24)25/h1-9H,(H,24,25). The van der Waals surface area contributed by atoms with Crippen LogP contribution in [0.2, 0.25) is 5.02 Å². The first-order valence-electron chi connectivity index (χ1n) is 7.51. The molecule has 0 saturated heterocycles. The molecule has 0 amide bonds. The van der Waals surface area contributed by atoms with Crippen LogP contribution in [0.1, 0.15) is 16.1 Å². The number of benzene rings is 2. The molecule has 0 fully saturated rings. The summed E-state index contributed by atoms with van der Waals surface area (Å²) in [5.74, 6) is -1.29. The number of hydrogen-bond donors (Lipinski definition) is 1. The van der Waals surface area contributed by atoms with Crippen LogP contribution in [0.25, 0.3) is 0 Å². The summed E-state index contributed by atoms with van der Waals surface area (Å²) in [6.45, 7) is 0. The number of halogens is 2. The largest absolute Gasteiger partial charge is 0.476 e. The van der Waals surface area contributed by atoms with Crippen molar-refractivity contribution >= 4 is 17.6 Å². The number of ether oxygens (including phenoxy) is 2. The van der Waals surface area contributed by atoms with E-state index in [-0.39, 0.29) is 5.88 Å². The second-order valence-electron chi connectivity index (χ2n) is 5.22. The topological polar surface area (TPSA) is 92.4 Å². The molecule has 2 aromatic carbocycles. The molecular weight excluding hydrogens is 375 g/mol. The predicted molar refractivity (Wildman–Crippen MR) is 93.9 cm³/mol. The number of aromatic carboxylic acids is 1. The van der Waals surface area contributed by atoms with Gasteiger partial charge in [0.15, 0.2) is 11.5 Å². The number of nitrogens with zero attached hydrogens (tertiary/aromatic N) is 2. The molecule has 3 rings (SSSR count). The zero-order valence-electron chi connectivity index (χ0n) is 13.5. The molecule has 0 atom stereocenters. The molecule has 0 bridgehead atoms. The lowest BCUT2D eigenvalue weighted by Crippen LogP contribution is -2.04. The minimum atomic E-state index is -1.49. The summed E-state index contributed by atoms with van der Waals surface area (Å²) in [4.78, 5) is 14.5. The minimum Gasteiger partial charge on any atom is -0.476 e. The highest BCUT2D eigenvalue weighted by Gasteiger charge is 2.14. The smallest absolute Gasteiger partial charge is 0.357 e. The molecule has 0 spiro atoms. The highest BCUT2D eigenvalue weighted by molar-refractivity contribution is 6.32. The summed E-state index contributed by atoms with van der Waals surface area (Å²) in [5.41, 5.74) is -0.300. The third-order valence-electron chi connectivity index (χ3n) is 3.36. The fourth-order valence-corrected chi connectivity index (χ4v) is 2.33. The number of pyridine rings is 1. The van der Waals surface area contributed by atoms with E-state index in [2.05, 4.69) is 4.98 Å². The Morgan fingerprint density at radius 3 is 2.33 bits per heavy atom. The molecule has 0 saturated carbocycles. The molecule has 8 heteroatoms. The summed E-state index contributed by atoms with van der Waals surface area (Å²) in [7, 11) is 0. The van der Waals surface area contributed by atoms with Gasteiger partial charge in [-0.25, -0.2) is 14.2 Å². The van der Waals surface area contributed by atoms with Crippen molar-refractivity contribution in [1.29, 1.82) is 5.26 Å². The first-order chi connectivity index (χ1) is 13.0. The van der Waals surface area contributed by atoms with E-state index in [9.17, 15) is 9.18 Å². The third kappa shape index (κ3) is 4.32. The second-order valence-corrected chi connectivity index (χ2v) is 5.62. The number of aromatic nitrogens is 1. The summed E-state index contributed by atoms with van der Waals surface area (Å²) in [6.07, 6.45) is 0. The Morgan fingerprint density at radius 2 is 1.74 bits per heavy atom. The van der Waals surface area contributed by atoms with Gasteiger partial charge in [-0.1, -0.05) is 11.6 Å². The number of carboxylic acid groups (broad SMARTS) is 1. The number of carboxylic acids is 1. The Bertz CT molecular complexity index is 1050. The van der Waals surface area contributed by atoms with Crippen molar-refractivity contribution in [1.82, 2.24) is 4.98 Å². The number of carbonyl (C=O) groups is 1. The fourth-order valence-electron chi connectivity index (χ4n) is 2.11. The van der Waals surface area contributed by atoms with Crippen LogP contribution >= 0.6 is 11.6 Å². The summed E-state index contributed by atoms with van der Waals surface area (Å²) in [6, 6.07) is 15.2. The van der Waals surface area contributed by atoms with Crippen molar-refractivity contribution < 1.29 is 23.8 Å². The van der Waals surface area contributed by atoms with Gasteiger partial charge in [0, 0.05) is 6.07 Å². The third-order valence-corrected chi connectivity index (χ3v) is 3.65. The first-order valence-corrected chi connectivity index (χ1v) is 7.89. The van der Waals surface area contributed by atoms with Crippen LogP contribution < -0.4 is 9.47 Å². The van der Waals surface area contributed by atoms with Gasteiger partial charge in [-0.2, -0.15) is 5.26 Å². The molecule has 6 nitrogen and oxygen atoms in total. The Morgan fingerprint density at radius 1 is 1.07 bits per heavy atom. The minimum absolute atomic E-state index is 0.0578. The van der Waals surface area contributed by atoms with Crippen molar-refractivity contribution in [2.75, 3.05) is 0 Å². The molecule has 3 aromatic rings. The Labute approximate surface area is 158 Å². The summed E-state index contributed by atoms with van der Waals surface area (Å²) in [5, 5.41) is 18.0. The molecule has 27 heavy (non-hydrogen) atoms. The lowest BCUT2D eigenvalue weighted by Gasteiger charge is -2.09. The maximum Gasteiger partial charge on any atom is 0.357 e. The highest BCUT2D eigenvalue weighted by atomic mass is 35.5. The zero-order valence-corrected chi connectivity index (χ0v) is 14.3. The van der Waals surface area contributed by atoms with E-state index in [1.165, 1.54) is 12.1 Å². The monoisotopic (exact) mass is 384 g/mol. The van der Waals surface area contributed by atoms with E-state index in [0.29, 0.717) is 27.8 Å². The van der Waals surface area contributed by atoms with Gasteiger partial charge in [-0.15, -0.1) is 0 Å². The second kappa shape index (κ2) is 7.72. The molecule has 0 radical (unpaired) electrons. The zero-order chi connectivity index (χ0) is 19.4. The van der Waals surface area contributed by atoms with Crippen LogP contribution in [-0.4, -0.2) is 16.1 Å². The SMILES string of the molecule is N#Cc1ccc(Oc2ccc(Oc3ccc(F)c(C(=O)O)n3)cc2)c(Cl)c1. The molecule has 1 N–H and O–H groups in total. The molecule has 1 aromatic heterocycles. The van der Waals surface area contributed by atoms with E-state index >= 15 is 0 Å². The molecule has 0 aliphatic rings. The maximum absolute atomic E-state index is 13.4. The van der Waals surface area contributed by atoms with Crippen LogP contribution in [0.5, 0.6) is 23.1 Å². The van der Waals surface area contributed by atoms with E-state index < -0.39 is 17.5 Å². The Kier molecular flexibility index (Phi) is 5.20. The van der Waals surface area contributed by atoms with Crippen molar-refractivity contribution in [3.8, 4) is 29.2 Å². The highest BCUT2D eigenvalue weighted by Crippen LogP contribution is 2.31. The molecule has 134 valence electrons. The van der Waals surface area contributed by atoms with Crippen LogP contribution in [0.15, 0.2) is 54.6 Å². The van der Waals surface area contributed by atoms with Crippen molar-refractivity contribution in [2.45, 2.75) is 0 Å². The lowest BCUT2D eigenvalue weighted by molar-refractivity contribution is 0.0684. The average Bonchev–Trinajstić information content (AvgIpc) is 2.66. The van der Waals surface area contributed by atoms with Crippen LogP contribution in [0.4, 0.5) is 4.39 Å². The summed E-state index contributed by atoms with van der Waals surface area (Å²) < 4.78 is 24.4. The fraction of sp³-hybridized carbons (Fsp3) is 0. The van der Waals surface area contributed by atoms with Gasteiger partial charge >= 0.3 is 5.97 Å². The maximum atomic E-state index is 13.4. The Hall–Kier alpha value is -3.63. The Balaban J connectivity index is 1.73. The van der Waals surface area contributed by atoms with Gasteiger partial charge in [0.1, 0.15) is 17.2 Å². The number of nitriles is 1. The van der Waals surface area contributed by atoms with Gasteiger partial charge in [0.2, 0.25) is 5.88 Å². The van der Waals surface area contributed by atoms with Crippen molar-refractivity contribution in [3.05, 3.63) is 76.7 Å². The van der Waals surface area contributed by atoms with E-state index in [4.69, 9.17) is 31.4 Å². The summed E-state index contributed by atoms with van der Waals surface area (Å²) >= 11 is 6.06. The number of rotatable bonds is 5. The normalized spacial score (nSPS) is 10.1. The van der Waals surface area contributed by atoms with Gasteiger partial charge in [0.05, 0.1) is 16.7 Å². The van der Waals surface area contributed by atoms with E-state index in [0.717, 1.165) is 6.07 Å².